The number of imidazole rings is 1. The fraction of sp³-hybridized carbons (Fsp3) is 0.417. The number of anilines is 1. The summed E-state index contributed by atoms with van der Waals surface area (Å²) in [5.41, 5.74) is 4.28. The van der Waals surface area contributed by atoms with Crippen molar-refractivity contribution in [2.45, 2.75) is 19.8 Å². The van der Waals surface area contributed by atoms with Crippen LogP contribution < -0.4 is 4.90 Å². The van der Waals surface area contributed by atoms with Crippen LogP contribution in [0.5, 0.6) is 0 Å². The highest BCUT2D eigenvalue weighted by atomic mass is 19.1. The van der Waals surface area contributed by atoms with Crippen molar-refractivity contribution >= 4 is 22.6 Å². The molecule has 3 aromatic rings. The van der Waals surface area contributed by atoms with E-state index >= 15 is 0 Å². The smallest absolute Gasteiger partial charge is 0.225 e. The molecule has 0 bridgehead atoms. The molecule has 2 aliphatic rings. The first-order chi connectivity index (χ1) is 15.1. The minimum absolute atomic E-state index is 0.0629. The third-order valence-electron chi connectivity index (χ3n) is 6.38. The van der Waals surface area contributed by atoms with E-state index in [1.54, 1.807) is 0 Å². The van der Waals surface area contributed by atoms with Gasteiger partial charge in [0, 0.05) is 37.8 Å². The lowest BCUT2D eigenvalue weighted by Crippen LogP contribution is -2.46. The van der Waals surface area contributed by atoms with E-state index in [9.17, 15) is 9.18 Å². The lowest BCUT2D eigenvalue weighted by Gasteiger charge is -2.36. The van der Waals surface area contributed by atoms with Gasteiger partial charge in [-0.1, -0.05) is 6.07 Å². The molecular formula is C24H27FN4O2. The summed E-state index contributed by atoms with van der Waals surface area (Å²) in [7, 11) is 0. The second kappa shape index (κ2) is 8.30. The zero-order valence-corrected chi connectivity index (χ0v) is 17.7. The van der Waals surface area contributed by atoms with E-state index in [-0.39, 0.29) is 17.6 Å². The summed E-state index contributed by atoms with van der Waals surface area (Å²) in [6.07, 6.45) is 1.62. The van der Waals surface area contributed by atoms with Crippen LogP contribution in [-0.2, 0) is 9.53 Å². The number of nitrogens with zero attached hydrogens (tertiary/aromatic N) is 3. The molecule has 162 valence electrons. The van der Waals surface area contributed by atoms with Crippen LogP contribution >= 0.6 is 0 Å². The Hall–Kier alpha value is -2.93. The van der Waals surface area contributed by atoms with Gasteiger partial charge in [-0.15, -0.1) is 0 Å². The number of fused-ring (bicyclic) bond motifs is 1. The third kappa shape index (κ3) is 4.02. The Bertz CT molecular complexity index is 1100. The summed E-state index contributed by atoms with van der Waals surface area (Å²) in [6, 6.07) is 11.2. The van der Waals surface area contributed by atoms with E-state index in [0.29, 0.717) is 37.7 Å². The molecule has 31 heavy (non-hydrogen) atoms. The Morgan fingerprint density at radius 1 is 1.10 bits per heavy atom. The SMILES string of the molecule is Cc1ccc2[nH]c(-c3cc(N4CCC(C(=O)N5CCOCC5)CC4)ccc3F)nc2c1. The molecule has 0 atom stereocenters. The van der Waals surface area contributed by atoms with Crippen molar-refractivity contribution in [2.75, 3.05) is 44.3 Å². The van der Waals surface area contributed by atoms with Gasteiger partial charge in [0.1, 0.15) is 11.6 Å². The summed E-state index contributed by atoms with van der Waals surface area (Å²) >= 11 is 0. The van der Waals surface area contributed by atoms with Gasteiger partial charge in [-0.2, -0.15) is 0 Å². The molecule has 0 unspecified atom stereocenters. The van der Waals surface area contributed by atoms with E-state index in [0.717, 1.165) is 48.2 Å². The van der Waals surface area contributed by atoms with Crippen molar-refractivity contribution in [3.8, 4) is 11.4 Å². The number of piperidine rings is 1. The van der Waals surface area contributed by atoms with Crippen molar-refractivity contribution in [1.29, 1.82) is 0 Å². The zero-order chi connectivity index (χ0) is 21.4. The van der Waals surface area contributed by atoms with Gasteiger partial charge in [0.25, 0.3) is 0 Å². The number of nitrogens with one attached hydrogen (secondary N) is 1. The topological polar surface area (TPSA) is 61.5 Å². The largest absolute Gasteiger partial charge is 0.378 e. The number of benzene rings is 2. The molecule has 3 heterocycles. The van der Waals surface area contributed by atoms with E-state index in [2.05, 4.69) is 14.9 Å². The van der Waals surface area contributed by atoms with Gasteiger partial charge in [0.05, 0.1) is 29.8 Å². The average Bonchev–Trinajstić information content (AvgIpc) is 3.22. The number of hydrogen-bond donors (Lipinski definition) is 1. The van der Waals surface area contributed by atoms with Crippen LogP contribution in [0.2, 0.25) is 0 Å². The molecule has 1 amide bonds. The molecule has 0 aliphatic carbocycles. The number of amides is 1. The van der Waals surface area contributed by atoms with Gasteiger partial charge in [-0.3, -0.25) is 4.79 Å². The fourth-order valence-electron chi connectivity index (χ4n) is 4.56. The maximum atomic E-state index is 14.7. The summed E-state index contributed by atoms with van der Waals surface area (Å²) < 4.78 is 20.0. The number of aryl methyl sites for hydroxylation is 1. The number of halogens is 1. The van der Waals surface area contributed by atoms with Gasteiger partial charge < -0.3 is 19.5 Å². The van der Waals surface area contributed by atoms with Crippen LogP contribution in [0.15, 0.2) is 36.4 Å². The van der Waals surface area contributed by atoms with Gasteiger partial charge >= 0.3 is 0 Å². The number of aromatic nitrogens is 2. The maximum absolute atomic E-state index is 14.7. The molecule has 6 nitrogen and oxygen atoms in total. The molecule has 0 saturated carbocycles. The number of ether oxygens (including phenoxy) is 1. The maximum Gasteiger partial charge on any atom is 0.225 e. The van der Waals surface area contributed by atoms with Crippen molar-refractivity contribution in [1.82, 2.24) is 14.9 Å². The number of morpholine rings is 1. The summed E-state index contributed by atoms with van der Waals surface area (Å²) in [4.78, 5) is 24.8. The van der Waals surface area contributed by atoms with Crippen molar-refractivity contribution in [3.05, 3.63) is 47.8 Å². The Morgan fingerprint density at radius 3 is 2.65 bits per heavy atom. The van der Waals surface area contributed by atoms with Gasteiger partial charge in [0.15, 0.2) is 0 Å². The predicted octanol–water partition coefficient (Wildman–Crippen LogP) is 3.75. The lowest BCUT2D eigenvalue weighted by molar-refractivity contribution is -0.140. The Labute approximate surface area is 181 Å². The summed E-state index contributed by atoms with van der Waals surface area (Å²) in [5.74, 6) is 0.558. The van der Waals surface area contributed by atoms with Crippen LogP contribution in [0.25, 0.3) is 22.4 Å². The quantitative estimate of drug-likeness (QED) is 0.698. The highest BCUT2D eigenvalue weighted by Crippen LogP contribution is 2.30. The minimum Gasteiger partial charge on any atom is -0.378 e. The first kappa shape index (κ1) is 20.0. The monoisotopic (exact) mass is 422 g/mol. The third-order valence-corrected chi connectivity index (χ3v) is 6.38. The molecule has 1 aromatic heterocycles. The van der Waals surface area contributed by atoms with E-state index in [1.807, 2.05) is 42.2 Å². The van der Waals surface area contributed by atoms with E-state index in [4.69, 9.17) is 4.74 Å². The van der Waals surface area contributed by atoms with Crippen molar-refractivity contribution in [3.63, 3.8) is 0 Å². The minimum atomic E-state index is -0.295. The summed E-state index contributed by atoms with van der Waals surface area (Å²) in [6.45, 7) is 6.22. The Balaban J connectivity index is 1.32. The van der Waals surface area contributed by atoms with Gasteiger partial charge in [0.2, 0.25) is 5.91 Å². The van der Waals surface area contributed by atoms with Gasteiger partial charge in [-0.05, 0) is 55.7 Å². The lowest BCUT2D eigenvalue weighted by atomic mass is 9.94. The number of aromatic amines is 1. The number of H-pyrrole nitrogens is 1. The Morgan fingerprint density at radius 2 is 1.87 bits per heavy atom. The van der Waals surface area contributed by atoms with Crippen molar-refractivity contribution < 1.29 is 13.9 Å². The molecule has 2 saturated heterocycles. The molecule has 0 radical (unpaired) electrons. The highest BCUT2D eigenvalue weighted by Gasteiger charge is 2.29. The van der Waals surface area contributed by atoms with Crippen LogP contribution in [0.3, 0.4) is 0 Å². The molecule has 7 heteroatoms. The summed E-state index contributed by atoms with van der Waals surface area (Å²) in [5, 5.41) is 0. The van der Waals surface area contributed by atoms with Crippen LogP contribution in [0.1, 0.15) is 18.4 Å². The number of carbonyl (C=O) groups is 1. The first-order valence-electron chi connectivity index (χ1n) is 11.0. The first-order valence-corrected chi connectivity index (χ1v) is 11.0. The van der Waals surface area contributed by atoms with E-state index in [1.165, 1.54) is 6.07 Å². The normalized spacial score (nSPS) is 18.0. The predicted molar refractivity (Wildman–Crippen MR) is 119 cm³/mol. The second-order valence-corrected chi connectivity index (χ2v) is 8.47. The van der Waals surface area contributed by atoms with Crippen LogP contribution in [0, 0.1) is 18.7 Å². The Kier molecular flexibility index (Phi) is 5.36. The number of carbonyl (C=O) groups excluding carboxylic acids is 1. The van der Waals surface area contributed by atoms with Crippen LogP contribution in [0.4, 0.5) is 10.1 Å². The molecule has 0 spiro atoms. The van der Waals surface area contributed by atoms with E-state index < -0.39 is 0 Å². The molecule has 2 fully saturated rings. The molecule has 5 rings (SSSR count). The van der Waals surface area contributed by atoms with Gasteiger partial charge in [-0.25, -0.2) is 9.37 Å². The molecule has 1 N–H and O–H groups in total. The fourth-order valence-corrected chi connectivity index (χ4v) is 4.56. The highest BCUT2D eigenvalue weighted by molar-refractivity contribution is 5.81. The molecular weight excluding hydrogens is 395 g/mol. The number of hydrogen-bond acceptors (Lipinski definition) is 4. The molecule has 2 aliphatic heterocycles. The van der Waals surface area contributed by atoms with Crippen LogP contribution in [-0.4, -0.2) is 60.2 Å². The number of rotatable bonds is 3. The second-order valence-electron chi connectivity index (χ2n) is 8.47. The average molecular weight is 423 g/mol. The standard InChI is InChI=1S/C24H27FN4O2/c1-16-2-5-21-22(14-16)27-23(26-21)19-15-18(3-4-20(19)25)28-8-6-17(7-9-28)24(30)29-10-12-31-13-11-29/h2-5,14-15,17H,6-13H2,1H3,(H,26,27). The van der Waals surface area contributed by atoms with Crippen molar-refractivity contribution in [2.24, 2.45) is 5.92 Å². The zero-order valence-electron chi connectivity index (χ0n) is 17.7. The molecule has 2 aromatic carbocycles.